The Morgan fingerprint density at radius 2 is 1.73 bits per heavy atom. The van der Waals surface area contributed by atoms with E-state index in [4.69, 9.17) is 9.47 Å². The van der Waals surface area contributed by atoms with Gasteiger partial charge < -0.3 is 19.3 Å². The van der Waals surface area contributed by atoms with E-state index in [1.54, 1.807) is 0 Å². The second-order valence-electron chi connectivity index (χ2n) is 8.86. The Bertz CT molecular complexity index is 901. The molecule has 0 N–H and O–H groups in total. The number of rotatable bonds is 8. The minimum atomic E-state index is 0.0513. The third-order valence-electron chi connectivity index (χ3n) is 6.50. The van der Waals surface area contributed by atoms with Crippen LogP contribution in [-0.2, 0) is 4.74 Å². The van der Waals surface area contributed by atoms with Crippen LogP contribution in [0.2, 0.25) is 0 Å². The number of hydrogen-bond donors (Lipinski definition) is 0. The molecule has 2 saturated heterocycles. The normalized spacial score (nSPS) is 18.8. The largest absolute Gasteiger partial charge is 0.491 e. The van der Waals surface area contributed by atoms with Gasteiger partial charge in [0.2, 0.25) is 0 Å². The molecule has 2 fully saturated rings. The van der Waals surface area contributed by atoms with Gasteiger partial charge in [0.25, 0.3) is 11.8 Å². The molecule has 2 aliphatic heterocycles. The Hall–Kier alpha value is -2.86. The number of carbonyl (C=O) groups is 2. The number of likely N-dealkylation sites (tertiary alicyclic amines) is 1. The summed E-state index contributed by atoms with van der Waals surface area (Å²) < 4.78 is 11.4. The lowest BCUT2D eigenvalue weighted by atomic mass is 10.0. The third-order valence-corrected chi connectivity index (χ3v) is 6.50. The Labute approximate surface area is 196 Å². The van der Waals surface area contributed by atoms with E-state index in [2.05, 4.69) is 6.92 Å². The van der Waals surface area contributed by atoms with Crippen molar-refractivity contribution in [3.05, 3.63) is 65.7 Å². The lowest BCUT2D eigenvalue weighted by Crippen LogP contribution is -2.49. The van der Waals surface area contributed by atoms with Crippen LogP contribution in [0.5, 0.6) is 5.75 Å². The summed E-state index contributed by atoms with van der Waals surface area (Å²) in [5.41, 5.74) is 1.40. The molecule has 33 heavy (non-hydrogen) atoms. The summed E-state index contributed by atoms with van der Waals surface area (Å²) in [6, 6.07) is 17.0. The van der Waals surface area contributed by atoms with Crippen molar-refractivity contribution in [3.8, 4) is 5.75 Å². The van der Waals surface area contributed by atoms with Crippen LogP contribution >= 0.6 is 0 Å². The van der Waals surface area contributed by atoms with E-state index in [1.807, 2.05) is 64.4 Å². The van der Waals surface area contributed by atoms with E-state index in [0.717, 1.165) is 50.0 Å². The minimum absolute atomic E-state index is 0.0513. The number of benzene rings is 2. The van der Waals surface area contributed by atoms with Gasteiger partial charge >= 0.3 is 0 Å². The molecule has 2 amide bonds. The maximum Gasteiger partial charge on any atom is 0.254 e. The molecule has 6 heteroatoms. The summed E-state index contributed by atoms with van der Waals surface area (Å²) in [5.74, 6) is 0.883. The molecule has 0 aliphatic carbocycles. The first kappa shape index (κ1) is 23.3. The predicted molar refractivity (Wildman–Crippen MR) is 128 cm³/mol. The first-order valence-corrected chi connectivity index (χ1v) is 12.2. The third kappa shape index (κ3) is 5.93. The Balaban J connectivity index is 1.34. The van der Waals surface area contributed by atoms with Gasteiger partial charge in [0.1, 0.15) is 12.4 Å². The molecule has 2 aromatic carbocycles. The summed E-state index contributed by atoms with van der Waals surface area (Å²) in [6.07, 6.45) is 4.80. The zero-order valence-electron chi connectivity index (χ0n) is 19.4. The summed E-state index contributed by atoms with van der Waals surface area (Å²) in [6.45, 7) is 5.51. The van der Waals surface area contributed by atoms with Gasteiger partial charge in [0.15, 0.2) is 0 Å². The highest BCUT2D eigenvalue weighted by Gasteiger charge is 2.30. The van der Waals surface area contributed by atoms with Crippen molar-refractivity contribution in [2.24, 2.45) is 0 Å². The molecule has 0 saturated carbocycles. The minimum Gasteiger partial charge on any atom is -0.491 e. The lowest BCUT2D eigenvalue weighted by molar-refractivity contribution is 0.0519. The molecule has 2 heterocycles. The van der Waals surface area contributed by atoms with E-state index in [9.17, 15) is 9.59 Å². The fourth-order valence-corrected chi connectivity index (χ4v) is 4.66. The van der Waals surface area contributed by atoms with Gasteiger partial charge in [-0.25, -0.2) is 0 Å². The van der Waals surface area contributed by atoms with Crippen LogP contribution in [0.1, 0.15) is 59.7 Å². The van der Waals surface area contributed by atoms with Crippen LogP contribution in [0.15, 0.2) is 54.6 Å². The van der Waals surface area contributed by atoms with Crippen LogP contribution in [0.3, 0.4) is 0 Å². The van der Waals surface area contributed by atoms with E-state index in [1.165, 1.54) is 0 Å². The molecule has 0 aromatic heterocycles. The SMILES string of the molecule is CCCN(C(=O)c1ccc(OCC2CCCO2)cc1)C1CCN(C(=O)c2ccccc2)CC1. The van der Waals surface area contributed by atoms with Gasteiger partial charge in [0.05, 0.1) is 6.10 Å². The standard InChI is InChI=1S/C27H34N2O4/c1-2-16-29(23-14-17-28(18-15-23)26(30)21-7-4-3-5-8-21)27(31)22-10-12-24(13-11-22)33-20-25-9-6-19-32-25/h3-5,7-8,10-13,23,25H,2,6,9,14-20H2,1H3. The number of hydrogen-bond acceptors (Lipinski definition) is 4. The van der Waals surface area contributed by atoms with Gasteiger partial charge in [-0.3, -0.25) is 9.59 Å². The summed E-state index contributed by atoms with van der Waals surface area (Å²) in [7, 11) is 0. The van der Waals surface area contributed by atoms with Gasteiger partial charge in [-0.05, 0) is 68.5 Å². The maximum absolute atomic E-state index is 13.3. The average molecular weight is 451 g/mol. The van der Waals surface area contributed by atoms with E-state index >= 15 is 0 Å². The fourth-order valence-electron chi connectivity index (χ4n) is 4.66. The molecular formula is C27H34N2O4. The van der Waals surface area contributed by atoms with Crippen LogP contribution < -0.4 is 4.74 Å². The Morgan fingerprint density at radius 3 is 2.36 bits per heavy atom. The van der Waals surface area contributed by atoms with E-state index < -0.39 is 0 Å². The highest BCUT2D eigenvalue weighted by Crippen LogP contribution is 2.22. The Kier molecular flexibility index (Phi) is 8.00. The van der Waals surface area contributed by atoms with Crippen molar-refractivity contribution in [1.29, 1.82) is 0 Å². The van der Waals surface area contributed by atoms with E-state index in [0.29, 0.717) is 31.8 Å². The summed E-state index contributed by atoms with van der Waals surface area (Å²) in [4.78, 5) is 30.0. The molecule has 2 aromatic rings. The number of ether oxygens (including phenoxy) is 2. The summed E-state index contributed by atoms with van der Waals surface area (Å²) >= 11 is 0. The lowest BCUT2D eigenvalue weighted by Gasteiger charge is -2.38. The number of amides is 2. The first-order chi connectivity index (χ1) is 16.2. The number of nitrogens with zero attached hydrogens (tertiary/aromatic N) is 2. The van der Waals surface area contributed by atoms with Crippen molar-refractivity contribution >= 4 is 11.8 Å². The Morgan fingerprint density at radius 1 is 1.00 bits per heavy atom. The van der Waals surface area contributed by atoms with Gasteiger partial charge in [-0.15, -0.1) is 0 Å². The molecule has 0 spiro atoms. The zero-order chi connectivity index (χ0) is 23.0. The van der Waals surface area contributed by atoms with Crippen molar-refractivity contribution in [2.45, 2.75) is 51.2 Å². The molecule has 1 atom stereocenters. The topological polar surface area (TPSA) is 59.1 Å². The predicted octanol–water partition coefficient (Wildman–Crippen LogP) is 4.40. The number of carbonyl (C=O) groups excluding carboxylic acids is 2. The highest BCUT2D eigenvalue weighted by atomic mass is 16.5. The van der Waals surface area contributed by atoms with Gasteiger partial charge in [-0.2, -0.15) is 0 Å². The first-order valence-electron chi connectivity index (χ1n) is 12.2. The monoisotopic (exact) mass is 450 g/mol. The van der Waals surface area contributed by atoms with Crippen LogP contribution in [-0.4, -0.2) is 66.6 Å². The molecule has 6 nitrogen and oxygen atoms in total. The molecule has 0 bridgehead atoms. The van der Waals surface area contributed by atoms with Crippen molar-refractivity contribution in [3.63, 3.8) is 0 Å². The smallest absolute Gasteiger partial charge is 0.254 e. The second-order valence-corrected chi connectivity index (χ2v) is 8.86. The summed E-state index contributed by atoms with van der Waals surface area (Å²) in [5, 5.41) is 0. The molecular weight excluding hydrogens is 416 g/mol. The van der Waals surface area contributed by atoms with Crippen molar-refractivity contribution in [2.75, 3.05) is 32.8 Å². The van der Waals surface area contributed by atoms with Crippen LogP contribution in [0.25, 0.3) is 0 Å². The van der Waals surface area contributed by atoms with Gasteiger partial charge in [0, 0.05) is 43.4 Å². The van der Waals surface area contributed by atoms with Crippen LogP contribution in [0, 0.1) is 0 Å². The number of piperidine rings is 1. The highest BCUT2D eigenvalue weighted by molar-refractivity contribution is 5.95. The molecule has 176 valence electrons. The quantitative estimate of drug-likeness (QED) is 0.598. The maximum atomic E-state index is 13.3. The van der Waals surface area contributed by atoms with E-state index in [-0.39, 0.29) is 24.0 Å². The fraction of sp³-hybridized carbons (Fsp3) is 0.481. The van der Waals surface area contributed by atoms with Crippen molar-refractivity contribution < 1.29 is 19.1 Å². The molecule has 4 rings (SSSR count). The average Bonchev–Trinajstić information content (AvgIpc) is 3.40. The molecule has 1 unspecified atom stereocenters. The second kappa shape index (κ2) is 11.3. The van der Waals surface area contributed by atoms with Crippen LogP contribution in [0.4, 0.5) is 0 Å². The van der Waals surface area contributed by atoms with Crippen molar-refractivity contribution in [1.82, 2.24) is 9.80 Å². The van der Waals surface area contributed by atoms with Gasteiger partial charge in [-0.1, -0.05) is 25.1 Å². The molecule has 2 aliphatic rings. The molecule has 0 radical (unpaired) electrons. The zero-order valence-corrected chi connectivity index (χ0v) is 19.4.